The van der Waals surface area contributed by atoms with Crippen molar-refractivity contribution in [2.24, 2.45) is 0 Å². The minimum atomic E-state index is -3.79. The average Bonchev–Trinajstić information content (AvgIpc) is 2.88. The standard InChI is InChI=1S/C28H26N2O5S/c1-36(32,33)30(26-14-8-9-15-27(26)35-25-12-6-3-7-13-25)20-28(31)29-23-16-18-24(19-17-23)34-21-22-10-4-2-5-11-22/h2-19H,20-21H2,1H3,(H,29,31). The Balaban J connectivity index is 1.44. The van der Waals surface area contributed by atoms with Gasteiger partial charge in [0.05, 0.1) is 11.9 Å². The lowest BCUT2D eigenvalue weighted by atomic mass is 10.2. The Labute approximate surface area is 211 Å². The first-order chi connectivity index (χ1) is 17.4. The number of hydrogen-bond acceptors (Lipinski definition) is 5. The van der Waals surface area contributed by atoms with Gasteiger partial charge in [-0.25, -0.2) is 8.42 Å². The Morgan fingerprint density at radius 1 is 0.778 bits per heavy atom. The predicted octanol–water partition coefficient (Wildman–Crippen LogP) is 5.46. The zero-order valence-electron chi connectivity index (χ0n) is 19.7. The molecule has 0 aliphatic heterocycles. The van der Waals surface area contributed by atoms with Gasteiger partial charge in [-0.2, -0.15) is 0 Å². The molecule has 8 heteroatoms. The van der Waals surface area contributed by atoms with Crippen LogP contribution in [0.1, 0.15) is 5.56 Å². The normalized spacial score (nSPS) is 10.9. The zero-order chi connectivity index (χ0) is 25.4. The molecule has 0 bridgehead atoms. The first-order valence-corrected chi connectivity index (χ1v) is 13.1. The number of amides is 1. The molecule has 0 aliphatic carbocycles. The highest BCUT2D eigenvalue weighted by Crippen LogP contribution is 2.33. The van der Waals surface area contributed by atoms with Crippen LogP contribution in [-0.2, 0) is 21.4 Å². The lowest BCUT2D eigenvalue weighted by Crippen LogP contribution is -2.37. The molecule has 4 aromatic carbocycles. The third kappa shape index (κ3) is 6.86. The molecule has 1 amide bonds. The summed E-state index contributed by atoms with van der Waals surface area (Å²) in [5.74, 6) is 1.04. The van der Waals surface area contributed by atoms with E-state index in [1.54, 1.807) is 60.7 Å². The van der Waals surface area contributed by atoms with Gasteiger partial charge >= 0.3 is 0 Å². The van der Waals surface area contributed by atoms with Gasteiger partial charge in [0.15, 0.2) is 5.75 Å². The molecule has 0 heterocycles. The third-order valence-corrected chi connectivity index (χ3v) is 6.31. The lowest BCUT2D eigenvalue weighted by molar-refractivity contribution is -0.114. The van der Waals surface area contributed by atoms with E-state index in [1.807, 2.05) is 48.5 Å². The summed E-state index contributed by atoms with van der Waals surface area (Å²) >= 11 is 0. The highest BCUT2D eigenvalue weighted by molar-refractivity contribution is 7.92. The van der Waals surface area contributed by atoms with E-state index in [0.717, 1.165) is 16.1 Å². The maximum atomic E-state index is 12.8. The molecule has 0 fully saturated rings. The van der Waals surface area contributed by atoms with E-state index in [4.69, 9.17) is 9.47 Å². The summed E-state index contributed by atoms with van der Waals surface area (Å²) in [6.07, 6.45) is 1.05. The minimum absolute atomic E-state index is 0.267. The smallest absolute Gasteiger partial charge is 0.245 e. The molecular formula is C28H26N2O5S. The van der Waals surface area contributed by atoms with Crippen LogP contribution in [0.25, 0.3) is 0 Å². The van der Waals surface area contributed by atoms with Crippen molar-refractivity contribution in [1.29, 1.82) is 0 Å². The molecule has 1 N–H and O–H groups in total. The second kappa shape index (κ2) is 11.4. The molecule has 0 aliphatic rings. The molecule has 184 valence electrons. The Morgan fingerprint density at radius 3 is 2.06 bits per heavy atom. The van der Waals surface area contributed by atoms with Gasteiger partial charge in [0.1, 0.15) is 24.7 Å². The van der Waals surface area contributed by atoms with E-state index in [0.29, 0.717) is 29.5 Å². The molecular weight excluding hydrogens is 476 g/mol. The predicted molar refractivity (Wildman–Crippen MR) is 141 cm³/mol. The minimum Gasteiger partial charge on any atom is -0.489 e. The zero-order valence-corrected chi connectivity index (χ0v) is 20.5. The van der Waals surface area contributed by atoms with Crippen LogP contribution in [-0.4, -0.2) is 27.1 Å². The number of ether oxygens (including phenoxy) is 2. The van der Waals surface area contributed by atoms with Crippen molar-refractivity contribution in [2.75, 3.05) is 22.4 Å². The van der Waals surface area contributed by atoms with Gasteiger partial charge in [0, 0.05) is 5.69 Å². The fraction of sp³-hybridized carbons (Fsp3) is 0.107. The molecule has 4 rings (SSSR count). The van der Waals surface area contributed by atoms with Crippen molar-refractivity contribution < 1.29 is 22.7 Å². The molecule has 0 atom stereocenters. The summed E-state index contributed by atoms with van der Waals surface area (Å²) in [6, 6.07) is 32.4. The number of nitrogens with one attached hydrogen (secondary N) is 1. The fourth-order valence-corrected chi connectivity index (χ4v) is 4.31. The molecule has 0 unspecified atom stereocenters. The number of rotatable bonds is 10. The van der Waals surface area contributed by atoms with Crippen LogP contribution in [0.3, 0.4) is 0 Å². The van der Waals surface area contributed by atoms with Gasteiger partial charge in [-0.1, -0.05) is 60.7 Å². The van der Waals surface area contributed by atoms with Gasteiger partial charge in [-0.05, 0) is 54.1 Å². The maximum Gasteiger partial charge on any atom is 0.245 e. The van der Waals surface area contributed by atoms with Crippen molar-refractivity contribution in [3.05, 3.63) is 115 Å². The van der Waals surface area contributed by atoms with Crippen LogP contribution in [0.15, 0.2) is 109 Å². The number of carbonyl (C=O) groups is 1. The number of sulfonamides is 1. The Morgan fingerprint density at radius 2 is 1.39 bits per heavy atom. The monoisotopic (exact) mass is 502 g/mol. The van der Waals surface area contributed by atoms with Crippen molar-refractivity contribution in [1.82, 2.24) is 0 Å². The van der Waals surface area contributed by atoms with Crippen LogP contribution >= 0.6 is 0 Å². The Kier molecular flexibility index (Phi) is 7.87. The second-order valence-electron chi connectivity index (χ2n) is 8.00. The van der Waals surface area contributed by atoms with Crippen molar-refractivity contribution >= 4 is 27.3 Å². The molecule has 0 saturated carbocycles. The SMILES string of the molecule is CS(=O)(=O)N(CC(=O)Nc1ccc(OCc2ccccc2)cc1)c1ccccc1Oc1ccccc1. The van der Waals surface area contributed by atoms with Gasteiger partial charge in [-0.15, -0.1) is 0 Å². The average molecular weight is 503 g/mol. The Bertz CT molecular complexity index is 1390. The fourth-order valence-electron chi connectivity index (χ4n) is 3.45. The van der Waals surface area contributed by atoms with E-state index in [9.17, 15) is 13.2 Å². The van der Waals surface area contributed by atoms with Crippen molar-refractivity contribution in [2.45, 2.75) is 6.61 Å². The van der Waals surface area contributed by atoms with Gasteiger partial charge in [-0.3, -0.25) is 9.10 Å². The van der Waals surface area contributed by atoms with E-state index in [-0.39, 0.29) is 5.69 Å². The largest absolute Gasteiger partial charge is 0.489 e. The van der Waals surface area contributed by atoms with E-state index in [1.165, 1.54) is 0 Å². The number of nitrogens with zero attached hydrogens (tertiary/aromatic N) is 1. The molecule has 0 aromatic heterocycles. The van der Waals surface area contributed by atoms with E-state index >= 15 is 0 Å². The molecule has 0 radical (unpaired) electrons. The summed E-state index contributed by atoms with van der Waals surface area (Å²) in [5.41, 5.74) is 1.84. The number of hydrogen-bond donors (Lipinski definition) is 1. The summed E-state index contributed by atoms with van der Waals surface area (Å²) < 4.78 is 38.0. The van der Waals surface area contributed by atoms with Crippen LogP contribution in [0.5, 0.6) is 17.2 Å². The van der Waals surface area contributed by atoms with Gasteiger partial charge in [0.25, 0.3) is 0 Å². The first kappa shape index (κ1) is 24.8. The first-order valence-electron chi connectivity index (χ1n) is 11.2. The quantitative estimate of drug-likeness (QED) is 0.311. The van der Waals surface area contributed by atoms with Crippen molar-refractivity contribution in [3.8, 4) is 17.2 Å². The molecule has 0 spiro atoms. The number of para-hydroxylation sites is 3. The summed E-state index contributed by atoms with van der Waals surface area (Å²) in [7, 11) is -3.79. The van der Waals surface area contributed by atoms with Crippen molar-refractivity contribution in [3.63, 3.8) is 0 Å². The summed E-state index contributed by atoms with van der Waals surface area (Å²) in [5, 5.41) is 2.74. The van der Waals surface area contributed by atoms with Crippen LogP contribution in [0, 0.1) is 0 Å². The van der Waals surface area contributed by atoms with E-state index in [2.05, 4.69) is 5.32 Å². The lowest BCUT2D eigenvalue weighted by Gasteiger charge is -2.24. The molecule has 0 saturated heterocycles. The van der Waals surface area contributed by atoms with Gasteiger partial charge in [0.2, 0.25) is 15.9 Å². The van der Waals surface area contributed by atoms with Crippen LogP contribution < -0.4 is 19.1 Å². The number of benzene rings is 4. The topological polar surface area (TPSA) is 84.9 Å². The highest BCUT2D eigenvalue weighted by Gasteiger charge is 2.24. The number of anilines is 2. The second-order valence-corrected chi connectivity index (χ2v) is 9.91. The highest BCUT2D eigenvalue weighted by atomic mass is 32.2. The third-order valence-electron chi connectivity index (χ3n) is 5.18. The van der Waals surface area contributed by atoms with E-state index < -0.39 is 22.5 Å². The maximum absolute atomic E-state index is 12.8. The Hall–Kier alpha value is -4.30. The summed E-state index contributed by atoms with van der Waals surface area (Å²) in [4.78, 5) is 12.8. The molecule has 36 heavy (non-hydrogen) atoms. The molecule has 4 aromatic rings. The van der Waals surface area contributed by atoms with Crippen LogP contribution in [0.4, 0.5) is 11.4 Å². The van der Waals surface area contributed by atoms with Crippen LogP contribution in [0.2, 0.25) is 0 Å². The summed E-state index contributed by atoms with van der Waals surface area (Å²) in [6.45, 7) is 0.0145. The molecule has 7 nitrogen and oxygen atoms in total. The van der Waals surface area contributed by atoms with Gasteiger partial charge < -0.3 is 14.8 Å². The number of carbonyl (C=O) groups excluding carboxylic acids is 1.